The summed E-state index contributed by atoms with van der Waals surface area (Å²) in [5.74, 6) is -0.690. The van der Waals surface area contributed by atoms with E-state index in [1.54, 1.807) is 42.9 Å². The molecule has 1 fully saturated rings. The Labute approximate surface area is 201 Å². The number of imidazole rings is 1. The van der Waals surface area contributed by atoms with Crippen molar-refractivity contribution < 1.29 is 23.6 Å². The van der Waals surface area contributed by atoms with E-state index in [1.807, 2.05) is 23.4 Å². The van der Waals surface area contributed by atoms with Crippen LogP contribution in [0.25, 0.3) is 16.8 Å². The van der Waals surface area contributed by atoms with E-state index in [0.29, 0.717) is 29.1 Å². The maximum Gasteiger partial charge on any atom is 0.414 e. The molecule has 11 heteroatoms. The van der Waals surface area contributed by atoms with Crippen LogP contribution >= 0.6 is 0 Å². The summed E-state index contributed by atoms with van der Waals surface area (Å²) in [4.78, 5) is 36.3. The summed E-state index contributed by atoms with van der Waals surface area (Å²) in [5, 5.41) is 6.59. The maximum absolute atomic E-state index is 15.1. The van der Waals surface area contributed by atoms with Gasteiger partial charge in [0.1, 0.15) is 24.2 Å². The molecule has 1 N–H and O–H groups in total. The van der Waals surface area contributed by atoms with Gasteiger partial charge in [-0.25, -0.2) is 14.2 Å². The molecule has 1 aliphatic heterocycles. The number of fused-ring (bicyclic) bond motifs is 1. The van der Waals surface area contributed by atoms with E-state index in [-0.39, 0.29) is 19.0 Å². The van der Waals surface area contributed by atoms with E-state index in [1.165, 1.54) is 17.9 Å². The van der Waals surface area contributed by atoms with Gasteiger partial charge in [-0.3, -0.25) is 14.1 Å². The molecule has 2 amide bonds. The summed E-state index contributed by atoms with van der Waals surface area (Å²) >= 11 is 0. The van der Waals surface area contributed by atoms with Crippen molar-refractivity contribution in [3.05, 3.63) is 54.2 Å². The average molecular weight is 483 g/mol. The van der Waals surface area contributed by atoms with Crippen molar-refractivity contribution in [3.63, 3.8) is 0 Å². The third-order valence-electron chi connectivity index (χ3n) is 5.46. The van der Waals surface area contributed by atoms with Crippen LogP contribution in [0, 0.1) is 5.82 Å². The number of likely N-dealkylation sites (N-methyl/N-ethyl adjacent to an activating group) is 1. The van der Waals surface area contributed by atoms with Gasteiger partial charge in [0.2, 0.25) is 5.91 Å². The third kappa shape index (κ3) is 5.75. The Morgan fingerprint density at radius 3 is 2.94 bits per heavy atom. The van der Waals surface area contributed by atoms with Crippen molar-refractivity contribution in [3.8, 4) is 11.1 Å². The van der Waals surface area contributed by atoms with E-state index < -0.39 is 18.0 Å². The van der Waals surface area contributed by atoms with Crippen molar-refractivity contribution >= 4 is 29.5 Å². The topological polar surface area (TPSA) is 101 Å². The first kappa shape index (κ1) is 24.1. The number of nitrogens with zero attached hydrogens (tertiary/aromatic N) is 5. The van der Waals surface area contributed by atoms with Gasteiger partial charge in [0.05, 0.1) is 36.9 Å². The number of pyridine rings is 1. The molecule has 0 bridgehead atoms. The summed E-state index contributed by atoms with van der Waals surface area (Å²) in [6.45, 7) is 3.05. The molecule has 10 nitrogen and oxygen atoms in total. The normalized spacial score (nSPS) is 15.9. The number of aromatic nitrogens is 2. The summed E-state index contributed by atoms with van der Waals surface area (Å²) in [6.07, 6.45) is 3.96. The van der Waals surface area contributed by atoms with Gasteiger partial charge in [-0.2, -0.15) is 0 Å². The second-order valence-electron chi connectivity index (χ2n) is 8.42. The van der Waals surface area contributed by atoms with Crippen LogP contribution in [-0.4, -0.2) is 78.9 Å². The van der Waals surface area contributed by atoms with Crippen LogP contribution in [0.3, 0.4) is 0 Å². The Morgan fingerprint density at radius 1 is 1.37 bits per heavy atom. The Kier molecular flexibility index (Phi) is 7.25. The molecule has 1 aliphatic rings. The number of halogens is 1. The highest BCUT2D eigenvalue weighted by Crippen LogP contribution is 2.29. The monoisotopic (exact) mass is 482 g/mol. The molecular formula is C24H27FN6O4. The number of benzene rings is 1. The van der Waals surface area contributed by atoms with Gasteiger partial charge in [0.25, 0.3) is 0 Å². The zero-order valence-electron chi connectivity index (χ0n) is 19.8. The highest BCUT2D eigenvalue weighted by atomic mass is 19.1. The van der Waals surface area contributed by atoms with E-state index in [0.717, 1.165) is 12.2 Å². The molecule has 184 valence electrons. The SMILES string of the molecule is CC(=O)NC[C@H]1CN(c2ccc(-c3ccn4c(/C=N/OCCN(C)C)cnc4c3)c(F)c2)C(=O)O1. The van der Waals surface area contributed by atoms with Crippen LogP contribution < -0.4 is 10.2 Å². The molecule has 0 unspecified atom stereocenters. The van der Waals surface area contributed by atoms with Crippen LogP contribution in [-0.2, 0) is 14.4 Å². The van der Waals surface area contributed by atoms with Gasteiger partial charge >= 0.3 is 6.09 Å². The summed E-state index contributed by atoms with van der Waals surface area (Å²) in [6, 6.07) is 8.14. The van der Waals surface area contributed by atoms with Crippen LogP contribution in [0.4, 0.5) is 14.9 Å². The number of hydrogen-bond acceptors (Lipinski definition) is 7. The quantitative estimate of drug-likeness (QED) is 0.286. The highest BCUT2D eigenvalue weighted by molar-refractivity contribution is 5.90. The molecule has 2 aromatic heterocycles. The first-order valence-corrected chi connectivity index (χ1v) is 11.1. The van der Waals surface area contributed by atoms with Crippen molar-refractivity contribution in [1.29, 1.82) is 0 Å². The van der Waals surface area contributed by atoms with E-state index in [9.17, 15) is 9.59 Å². The minimum absolute atomic E-state index is 0.206. The molecule has 3 aromatic rings. The molecule has 0 radical (unpaired) electrons. The number of oxime groups is 1. The van der Waals surface area contributed by atoms with Crippen LogP contribution in [0.15, 0.2) is 47.9 Å². The lowest BCUT2D eigenvalue weighted by atomic mass is 10.1. The molecule has 3 heterocycles. The van der Waals surface area contributed by atoms with Gasteiger partial charge in [-0.15, -0.1) is 0 Å². The fraction of sp³-hybridized carbons (Fsp3) is 0.333. The molecule has 4 rings (SSSR count). The van der Waals surface area contributed by atoms with Crippen molar-refractivity contribution in [2.75, 3.05) is 45.2 Å². The summed E-state index contributed by atoms with van der Waals surface area (Å²) in [5.41, 5.74) is 2.77. The molecule has 0 spiro atoms. The van der Waals surface area contributed by atoms with Gasteiger partial charge < -0.3 is 19.8 Å². The van der Waals surface area contributed by atoms with Crippen molar-refractivity contribution in [2.45, 2.75) is 13.0 Å². The number of nitrogens with one attached hydrogen (secondary N) is 1. The lowest BCUT2D eigenvalue weighted by molar-refractivity contribution is -0.119. The lowest BCUT2D eigenvalue weighted by Crippen LogP contribution is -2.33. The molecule has 1 saturated heterocycles. The lowest BCUT2D eigenvalue weighted by Gasteiger charge is -2.14. The Balaban J connectivity index is 1.47. The minimum Gasteiger partial charge on any atom is -0.442 e. The average Bonchev–Trinajstić information content (AvgIpc) is 3.39. The zero-order chi connectivity index (χ0) is 24.9. The number of carbonyl (C=O) groups excluding carboxylic acids is 2. The smallest absolute Gasteiger partial charge is 0.414 e. The predicted molar refractivity (Wildman–Crippen MR) is 129 cm³/mol. The van der Waals surface area contributed by atoms with Crippen LogP contribution in [0.2, 0.25) is 0 Å². The van der Waals surface area contributed by atoms with E-state index in [2.05, 4.69) is 15.5 Å². The Hall–Kier alpha value is -3.99. The molecule has 0 aliphatic carbocycles. The largest absolute Gasteiger partial charge is 0.442 e. The Morgan fingerprint density at radius 2 is 2.20 bits per heavy atom. The number of rotatable bonds is 9. The fourth-order valence-electron chi connectivity index (χ4n) is 3.63. The standard InChI is InChI=1S/C24H27FN6O4/c1-16(32)26-14-20-15-31(24(33)35-20)18-4-5-21(22(25)11-18)17-6-7-30-19(12-27-23(30)10-17)13-28-34-9-8-29(2)3/h4-7,10-13,20H,8-9,14-15H2,1-3H3,(H,26,32)/b28-13+/t20-/m0/s1. The van der Waals surface area contributed by atoms with Crippen molar-refractivity contribution in [2.24, 2.45) is 5.16 Å². The second-order valence-corrected chi connectivity index (χ2v) is 8.42. The van der Waals surface area contributed by atoms with Crippen LogP contribution in [0.5, 0.6) is 0 Å². The highest BCUT2D eigenvalue weighted by Gasteiger charge is 2.32. The number of carbonyl (C=O) groups is 2. The van der Waals surface area contributed by atoms with E-state index >= 15 is 4.39 Å². The number of amides is 2. The van der Waals surface area contributed by atoms with Crippen molar-refractivity contribution in [1.82, 2.24) is 19.6 Å². The molecule has 0 saturated carbocycles. The molecular weight excluding hydrogens is 455 g/mol. The predicted octanol–water partition coefficient (Wildman–Crippen LogP) is 2.51. The summed E-state index contributed by atoms with van der Waals surface area (Å²) in [7, 11) is 3.91. The molecule has 1 atom stereocenters. The van der Waals surface area contributed by atoms with Gasteiger partial charge in [-0.1, -0.05) is 5.16 Å². The fourth-order valence-corrected chi connectivity index (χ4v) is 3.63. The van der Waals surface area contributed by atoms with E-state index in [4.69, 9.17) is 9.57 Å². The van der Waals surface area contributed by atoms with Crippen LogP contribution in [0.1, 0.15) is 12.6 Å². The first-order chi connectivity index (χ1) is 16.8. The minimum atomic E-state index is -0.578. The van der Waals surface area contributed by atoms with Gasteiger partial charge in [0, 0.05) is 25.2 Å². The number of cyclic esters (lactones) is 1. The molecule has 1 aromatic carbocycles. The summed E-state index contributed by atoms with van der Waals surface area (Å²) < 4.78 is 22.1. The maximum atomic E-state index is 15.1. The number of anilines is 1. The first-order valence-electron chi connectivity index (χ1n) is 11.1. The van der Waals surface area contributed by atoms with Gasteiger partial charge in [-0.05, 0) is 50.0 Å². The number of hydrogen-bond donors (Lipinski definition) is 1. The third-order valence-corrected chi connectivity index (χ3v) is 5.46. The zero-order valence-corrected chi connectivity index (χ0v) is 19.8. The molecule has 35 heavy (non-hydrogen) atoms. The number of ether oxygens (including phenoxy) is 1. The Bertz CT molecular complexity index is 1260. The second kappa shape index (κ2) is 10.5. The van der Waals surface area contributed by atoms with Gasteiger partial charge in [0.15, 0.2) is 0 Å².